The lowest BCUT2D eigenvalue weighted by Gasteiger charge is -2.24. The standard InChI is InChI=1S/C18H28N2O3/c1-14-9-15(2)11-17(10-14)23-8-7-19(3)12-16(21)13-20-6-4-5-18(20)22/h9-11,16,21H,4-8,12-13H2,1-3H3. The monoisotopic (exact) mass is 320 g/mol. The van der Waals surface area contributed by atoms with Gasteiger partial charge < -0.3 is 19.6 Å². The van der Waals surface area contributed by atoms with E-state index in [1.54, 1.807) is 4.90 Å². The van der Waals surface area contributed by atoms with Crippen LogP contribution in [0.25, 0.3) is 0 Å². The lowest BCUT2D eigenvalue weighted by atomic mass is 10.1. The van der Waals surface area contributed by atoms with Crippen molar-refractivity contribution in [3.05, 3.63) is 29.3 Å². The third-order valence-electron chi connectivity index (χ3n) is 4.06. The van der Waals surface area contributed by atoms with E-state index in [1.807, 2.05) is 24.1 Å². The normalized spacial score (nSPS) is 16.2. The van der Waals surface area contributed by atoms with E-state index in [0.29, 0.717) is 26.1 Å². The number of carbonyl (C=O) groups excluding carboxylic acids is 1. The van der Waals surface area contributed by atoms with Gasteiger partial charge in [0.15, 0.2) is 0 Å². The topological polar surface area (TPSA) is 53.0 Å². The molecule has 0 spiro atoms. The number of carbonyl (C=O) groups is 1. The maximum atomic E-state index is 11.6. The quantitative estimate of drug-likeness (QED) is 0.790. The average Bonchev–Trinajstić information content (AvgIpc) is 2.83. The average molecular weight is 320 g/mol. The van der Waals surface area contributed by atoms with Crippen molar-refractivity contribution in [1.29, 1.82) is 0 Å². The van der Waals surface area contributed by atoms with Crippen LogP contribution in [0, 0.1) is 13.8 Å². The molecule has 1 aliphatic heterocycles. The van der Waals surface area contributed by atoms with Gasteiger partial charge in [0.2, 0.25) is 5.91 Å². The predicted octanol–water partition coefficient (Wildman–Crippen LogP) is 1.60. The number of hydrogen-bond acceptors (Lipinski definition) is 4. The molecule has 1 heterocycles. The van der Waals surface area contributed by atoms with Crippen LogP contribution in [0.3, 0.4) is 0 Å². The van der Waals surface area contributed by atoms with E-state index in [9.17, 15) is 9.90 Å². The van der Waals surface area contributed by atoms with Gasteiger partial charge in [0.1, 0.15) is 12.4 Å². The molecule has 5 nitrogen and oxygen atoms in total. The van der Waals surface area contributed by atoms with Crippen LogP contribution in [-0.2, 0) is 4.79 Å². The first-order chi connectivity index (χ1) is 10.9. The Morgan fingerprint density at radius 3 is 2.61 bits per heavy atom. The summed E-state index contributed by atoms with van der Waals surface area (Å²) in [5.41, 5.74) is 2.39. The highest BCUT2D eigenvalue weighted by Gasteiger charge is 2.22. The summed E-state index contributed by atoms with van der Waals surface area (Å²) in [6.07, 6.45) is 1.01. The second-order valence-electron chi connectivity index (χ2n) is 6.53. The molecule has 0 radical (unpaired) electrons. The summed E-state index contributed by atoms with van der Waals surface area (Å²) in [6.45, 7) is 7.17. The number of likely N-dealkylation sites (N-methyl/N-ethyl adjacent to an activating group) is 1. The van der Waals surface area contributed by atoms with Crippen LogP contribution in [0.15, 0.2) is 18.2 Å². The van der Waals surface area contributed by atoms with Crippen molar-refractivity contribution in [2.75, 3.05) is 39.8 Å². The number of rotatable bonds is 8. The molecular weight excluding hydrogens is 292 g/mol. The Morgan fingerprint density at radius 2 is 2.00 bits per heavy atom. The molecule has 0 bridgehead atoms. The SMILES string of the molecule is Cc1cc(C)cc(OCCN(C)CC(O)CN2CCCC2=O)c1. The molecule has 1 aromatic rings. The van der Waals surface area contributed by atoms with Crippen molar-refractivity contribution < 1.29 is 14.6 Å². The molecule has 1 aliphatic rings. The van der Waals surface area contributed by atoms with Gasteiger partial charge in [0, 0.05) is 32.6 Å². The number of aliphatic hydroxyl groups is 1. The summed E-state index contributed by atoms with van der Waals surface area (Å²) < 4.78 is 5.78. The van der Waals surface area contributed by atoms with Crippen LogP contribution in [0.1, 0.15) is 24.0 Å². The number of likely N-dealkylation sites (tertiary alicyclic amines) is 1. The van der Waals surface area contributed by atoms with Crippen LogP contribution in [0.2, 0.25) is 0 Å². The zero-order valence-electron chi connectivity index (χ0n) is 14.4. The van der Waals surface area contributed by atoms with E-state index in [-0.39, 0.29) is 5.91 Å². The first-order valence-corrected chi connectivity index (χ1v) is 8.29. The van der Waals surface area contributed by atoms with E-state index in [2.05, 4.69) is 19.9 Å². The fraction of sp³-hybridized carbons (Fsp3) is 0.611. The van der Waals surface area contributed by atoms with Crippen LogP contribution in [-0.4, -0.2) is 66.8 Å². The van der Waals surface area contributed by atoms with Gasteiger partial charge in [-0.25, -0.2) is 0 Å². The van der Waals surface area contributed by atoms with E-state index in [0.717, 1.165) is 25.3 Å². The highest BCUT2D eigenvalue weighted by atomic mass is 16.5. The second-order valence-corrected chi connectivity index (χ2v) is 6.53. The van der Waals surface area contributed by atoms with Crippen LogP contribution >= 0.6 is 0 Å². The number of β-amino-alcohol motifs (C(OH)–C–C–N with tert-alkyl or cyclic N) is 1. The first-order valence-electron chi connectivity index (χ1n) is 8.29. The van der Waals surface area contributed by atoms with Crippen molar-refractivity contribution in [2.45, 2.75) is 32.8 Å². The van der Waals surface area contributed by atoms with Gasteiger partial charge in [0.05, 0.1) is 6.10 Å². The molecule has 0 aliphatic carbocycles. The maximum absolute atomic E-state index is 11.6. The summed E-state index contributed by atoms with van der Waals surface area (Å²) in [7, 11) is 1.96. The summed E-state index contributed by atoms with van der Waals surface area (Å²) in [6, 6.07) is 6.18. The molecule has 1 atom stereocenters. The zero-order chi connectivity index (χ0) is 16.8. The minimum Gasteiger partial charge on any atom is -0.492 e. The number of nitrogens with zero attached hydrogens (tertiary/aromatic N) is 2. The summed E-state index contributed by atoms with van der Waals surface area (Å²) in [5.74, 6) is 1.05. The van der Waals surface area contributed by atoms with Gasteiger partial charge in [-0.2, -0.15) is 0 Å². The lowest BCUT2D eigenvalue weighted by molar-refractivity contribution is -0.129. The molecular formula is C18H28N2O3. The van der Waals surface area contributed by atoms with Gasteiger partial charge in [0.25, 0.3) is 0 Å². The second kappa shape index (κ2) is 8.31. The third-order valence-corrected chi connectivity index (χ3v) is 4.06. The maximum Gasteiger partial charge on any atom is 0.222 e. The molecule has 5 heteroatoms. The summed E-state index contributed by atoms with van der Waals surface area (Å²) in [5, 5.41) is 10.1. The van der Waals surface area contributed by atoms with E-state index in [4.69, 9.17) is 4.74 Å². The summed E-state index contributed by atoms with van der Waals surface area (Å²) >= 11 is 0. The van der Waals surface area contributed by atoms with Crippen LogP contribution < -0.4 is 4.74 Å². The molecule has 128 valence electrons. The van der Waals surface area contributed by atoms with Crippen LogP contribution in [0.5, 0.6) is 5.75 Å². The number of aliphatic hydroxyl groups excluding tert-OH is 1. The molecule has 1 saturated heterocycles. The van der Waals surface area contributed by atoms with Crippen molar-refractivity contribution in [3.8, 4) is 5.75 Å². The number of benzene rings is 1. The zero-order valence-corrected chi connectivity index (χ0v) is 14.4. The first kappa shape index (κ1) is 17.8. The molecule has 2 rings (SSSR count). The van der Waals surface area contributed by atoms with Gasteiger partial charge in [-0.05, 0) is 50.6 Å². The van der Waals surface area contributed by atoms with Gasteiger partial charge >= 0.3 is 0 Å². The molecule has 1 amide bonds. The molecule has 1 unspecified atom stereocenters. The number of hydrogen-bond donors (Lipinski definition) is 1. The largest absolute Gasteiger partial charge is 0.492 e. The molecule has 1 N–H and O–H groups in total. The van der Waals surface area contributed by atoms with E-state index < -0.39 is 6.10 Å². The Labute approximate surface area is 138 Å². The smallest absolute Gasteiger partial charge is 0.222 e. The molecule has 1 fully saturated rings. The Morgan fingerprint density at radius 1 is 1.30 bits per heavy atom. The Bertz CT molecular complexity index is 513. The highest BCUT2D eigenvalue weighted by molar-refractivity contribution is 5.78. The number of aryl methyl sites for hydroxylation is 2. The summed E-state index contributed by atoms with van der Waals surface area (Å²) in [4.78, 5) is 15.4. The number of amides is 1. The van der Waals surface area contributed by atoms with E-state index in [1.165, 1.54) is 11.1 Å². The molecule has 23 heavy (non-hydrogen) atoms. The van der Waals surface area contributed by atoms with Crippen LogP contribution in [0.4, 0.5) is 0 Å². The molecule has 1 aromatic carbocycles. The molecule has 0 saturated carbocycles. The molecule has 0 aromatic heterocycles. The van der Waals surface area contributed by atoms with Gasteiger partial charge in [-0.1, -0.05) is 6.07 Å². The minimum atomic E-state index is -0.511. The minimum absolute atomic E-state index is 0.157. The lowest BCUT2D eigenvalue weighted by Crippen LogP contribution is -2.40. The third kappa shape index (κ3) is 5.84. The Hall–Kier alpha value is -1.59. The Balaban J connectivity index is 1.68. The van der Waals surface area contributed by atoms with Crippen molar-refractivity contribution in [2.24, 2.45) is 0 Å². The highest BCUT2D eigenvalue weighted by Crippen LogP contribution is 2.16. The number of ether oxygens (including phenoxy) is 1. The van der Waals surface area contributed by atoms with Crippen molar-refractivity contribution in [3.63, 3.8) is 0 Å². The van der Waals surface area contributed by atoms with Gasteiger partial charge in [-0.3, -0.25) is 4.79 Å². The predicted molar refractivity (Wildman–Crippen MR) is 90.7 cm³/mol. The fourth-order valence-electron chi connectivity index (χ4n) is 3.00. The fourth-order valence-corrected chi connectivity index (χ4v) is 3.00. The van der Waals surface area contributed by atoms with E-state index >= 15 is 0 Å². The van der Waals surface area contributed by atoms with Crippen molar-refractivity contribution in [1.82, 2.24) is 9.80 Å². The van der Waals surface area contributed by atoms with Crippen molar-refractivity contribution >= 4 is 5.91 Å². The van der Waals surface area contributed by atoms with Gasteiger partial charge in [-0.15, -0.1) is 0 Å². The Kier molecular flexibility index (Phi) is 6.42.